The number of ether oxygens (including phenoxy) is 2. The fraction of sp³-hybridized carbons (Fsp3) is 0.316. The molecule has 1 aliphatic heterocycles. The van der Waals surface area contributed by atoms with Crippen molar-refractivity contribution < 1.29 is 14.3 Å². The van der Waals surface area contributed by atoms with Crippen molar-refractivity contribution in [3.63, 3.8) is 0 Å². The number of benzene rings is 2. The van der Waals surface area contributed by atoms with Crippen LogP contribution in [0.5, 0.6) is 11.5 Å². The van der Waals surface area contributed by atoms with Crippen LogP contribution in [0, 0.1) is 0 Å². The minimum Gasteiger partial charge on any atom is -0.486 e. The monoisotopic (exact) mass is 379 g/mol. The molecule has 1 amide bonds. The van der Waals surface area contributed by atoms with E-state index in [1.165, 1.54) is 0 Å². The van der Waals surface area contributed by atoms with Crippen molar-refractivity contribution in [1.29, 1.82) is 0 Å². The van der Waals surface area contributed by atoms with E-state index in [1.807, 2.05) is 31.2 Å². The van der Waals surface area contributed by atoms with Crippen LogP contribution in [0.1, 0.15) is 30.5 Å². The lowest BCUT2D eigenvalue weighted by molar-refractivity contribution is -0.121. The van der Waals surface area contributed by atoms with Gasteiger partial charge < -0.3 is 14.8 Å². The van der Waals surface area contributed by atoms with Crippen LogP contribution in [0.15, 0.2) is 36.4 Å². The molecule has 1 heterocycles. The minimum absolute atomic E-state index is 0.0339. The number of halogens is 2. The van der Waals surface area contributed by atoms with Crippen molar-refractivity contribution in [2.45, 2.75) is 25.8 Å². The molecule has 0 saturated carbocycles. The molecule has 25 heavy (non-hydrogen) atoms. The third-order valence-electron chi connectivity index (χ3n) is 4.05. The fourth-order valence-corrected chi connectivity index (χ4v) is 3.32. The predicted octanol–water partition coefficient (Wildman–Crippen LogP) is 4.57. The highest BCUT2D eigenvalue weighted by atomic mass is 35.5. The van der Waals surface area contributed by atoms with Gasteiger partial charge in [0, 0.05) is 16.5 Å². The Morgan fingerprint density at radius 2 is 1.88 bits per heavy atom. The lowest BCUT2D eigenvalue weighted by Crippen LogP contribution is -2.27. The largest absolute Gasteiger partial charge is 0.486 e. The van der Waals surface area contributed by atoms with Gasteiger partial charge in [0.15, 0.2) is 11.5 Å². The zero-order valence-electron chi connectivity index (χ0n) is 13.9. The van der Waals surface area contributed by atoms with Gasteiger partial charge in [-0.2, -0.15) is 0 Å². The highest BCUT2D eigenvalue weighted by molar-refractivity contribution is 6.35. The van der Waals surface area contributed by atoms with E-state index in [2.05, 4.69) is 5.32 Å². The Bertz CT molecular complexity index is 779. The van der Waals surface area contributed by atoms with Gasteiger partial charge in [0.2, 0.25) is 5.91 Å². The summed E-state index contributed by atoms with van der Waals surface area (Å²) >= 11 is 12.1. The summed E-state index contributed by atoms with van der Waals surface area (Å²) in [6.07, 6.45) is 1.01. The fourth-order valence-electron chi connectivity index (χ4n) is 2.75. The molecule has 0 saturated heterocycles. The van der Waals surface area contributed by atoms with Gasteiger partial charge in [-0.15, -0.1) is 0 Å². The molecule has 0 spiro atoms. The van der Waals surface area contributed by atoms with Crippen molar-refractivity contribution >= 4 is 29.1 Å². The van der Waals surface area contributed by atoms with Crippen LogP contribution >= 0.6 is 23.2 Å². The molecule has 1 aliphatic rings. The number of rotatable bonds is 5. The van der Waals surface area contributed by atoms with E-state index in [1.54, 1.807) is 12.1 Å². The summed E-state index contributed by atoms with van der Waals surface area (Å²) in [5.41, 5.74) is 1.88. The number of carbonyl (C=O) groups excluding carboxylic acids is 1. The van der Waals surface area contributed by atoms with Crippen molar-refractivity contribution in [2.75, 3.05) is 13.2 Å². The first kappa shape index (κ1) is 17.9. The second kappa shape index (κ2) is 7.98. The third kappa shape index (κ3) is 4.59. The smallest absolute Gasteiger partial charge is 0.220 e. The lowest BCUT2D eigenvalue weighted by Gasteiger charge is -2.19. The quantitative estimate of drug-likeness (QED) is 0.827. The SMILES string of the molecule is CC(NC(=O)CCc1ccc2c(c1)OCCO2)c1ccc(Cl)cc1Cl. The molecule has 1 N–H and O–H groups in total. The van der Waals surface area contributed by atoms with Gasteiger partial charge in [-0.3, -0.25) is 4.79 Å². The van der Waals surface area contributed by atoms with Gasteiger partial charge in [-0.1, -0.05) is 35.3 Å². The third-order valence-corrected chi connectivity index (χ3v) is 4.62. The second-order valence-corrected chi connectivity index (χ2v) is 6.78. The summed E-state index contributed by atoms with van der Waals surface area (Å²) in [7, 11) is 0. The van der Waals surface area contributed by atoms with E-state index >= 15 is 0 Å². The van der Waals surface area contributed by atoms with E-state index < -0.39 is 0 Å². The number of carbonyl (C=O) groups is 1. The zero-order valence-corrected chi connectivity index (χ0v) is 15.4. The first-order valence-corrected chi connectivity index (χ1v) is 8.91. The van der Waals surface area contributed by atoms with Crippen LogP contribution in [-0.2, 0) is 11.2 Å². The van der Waals surface area contributed by atoms with E-state index in [4.69, 9.17) is 32.7 Å². The Labute approximate surface area is 157 Å². The van der Waals surface area contributed by atoms with E-state index in [9.17, 15) is 4.79 Å². The molecule has 2 aromatic carbocycles. The Hall–Kier alpha value is -1.91. The van der Waals surface area contributed by atoms with Gasteiger partial charge >= 0.3 is 0 Å². The molecular weight excluding hydrogens is 361 g/mol. The minimum atomic E-state index is -0.183. The van der Waals surface area contributed by atoms with Gasteiger partial charge in [0.25, 0.3) is 0 Å². The highest BCUT2D eigenvalue weighted by Crippen LogP contribution is 2.31. The topological polar surface area (TPSA) is 47.6 Å². The van der Waals surface area contributed by atoms with Crippen LogP contribution in [0.2, 0.25) is 10.0 Å². The van der Waals surface area contributed by atoms with Crippen molar-refractivity contribution in [3.05, 3.63) is 57.6 Å². The Kier molecular flexibility index (Phi) is 5.71. The summed E-state index contributed by atoms with van der Waals surface area (Å²) in [5.74, 6) is 1.46. The molecule has 6 heteroatoms. The molecule has 0 radical (unpaired) electrons. The van der Waals surface area contributed by atoms with Crippen LogP contribution in [0.3, 0.4) is 0 Å². The van der Waals surface area contributed by atoms with Crippen LogP contribution in [0.4, 0.5) is 0 Å². The van der Waals surface area contributed by atoms with E-state index in [0.717, 1.165) is 22.6 Å². The van der Waals surface area contributed by atoms with Crippen LogP contribution in [0.25, 0.3) is 0 Å². The number of aryl methyl sites for hydroxylation is 1. The second-order valence-electron chi connectivity index (χ2n) is 5.93. The number of amides is 1. The molecule has 1 atom stereocenters. The molecular formula is C19H19Cl2NO3. The Morgan fingerprint density at radius 1 is 1.12 bits per heavy atom. The lowest BCUT2D eigenvalue weighted by atomic mass is 10.1. The van der Waals surface area contributed by atoms with E-state index in [-0.39, 0.29) is 11.9 Å². The average Bonchev–Trinajstić information content (AvgIpc) is 2.59. The molecule has 3 rings (SSSR count). The summed E-state index contributed by atoms with van der Waals surface area (Å²) in [6.45, 7) is 3.02. The van der Waals surface area contributed by atoms with E-state index in [0.29, 0.717) is 36.1 Å². The average molecular weight is 380 g/mol. The normalized spacial score (nSPS) is 14.0. The summed E-state index contributed by atoms with van der Waals surface area (Å²) in [6, 6.07) is 10.9. The maximum absolute atomic E-state index is 12.2. The van der Waals surface area contributed by atoms with Gasteiger partial charge in [0.05, 0.1) is 6.04 Å². The highest BCUT2D eigenvalue weighted by Gasteiger charge is 2.15. The molecule has 0 aromatic heterocycles. The van der Waals surface area contributed by atoms with Gasteiger partial charge in [0.1, 0.15) is 13.2 Å². The number of nitrogens with one attached hydrogen (secondary N) is 1. The number of hydrogen-bond donors (Lipinski definition) is 1. The molecule has 1 unspecified atom stereocenters. The van der Waals surface area contributed by atoms with Crippen molar-refractivity contribution in [1.82, 2.24) is 5.32 Å². The summed E-state index contributed by atoms with van der Waals surface area (Å²) in [5, 5.41) is 4.09. The zero-order chi connectivity index (χ0) is 17.8. The first-order chi connectivity index (χ1) is 12.0. The number of hydrogen-bond acceptors (Lipinski definition) is 3. The van der Waals surface area contributed by atoms with Gasteiger partial charge in [-0.25, -0.2) is 0 Å². The summed E-state index contributed by atoms with van der Waals surface area (Å²) in [4.78, 5) is 12.2. The maximum Gasteiger partial charge on any atom is 0.220 e. The van der Waals surface area contributed by atoms with Gasteiger partial charge in [-0.05, 0) is 48.7 Å². The molecule has 2 aromatic rings. The molecule has 0 fully saturated rings. The predicted molar refractivity (Wildman–Crippen MR) is 98.8 cm³/mol. The molecule has 0 aliphatic carbocycles. The van der Waals surface area contributed by atoms with Crippen LogP contribution in [-0.4, -0.2) is 19.1 Å². The Balaban J connectivity index is 1.55. The van der Waals surface area contributed by atoms with Crippen molar-refractivity contribution in [2.24, 2.45) is 0 Å². The Morgan fingerprint density at radius 3 is 2.64 bits per heavy atom. The standard InChI is InChI=1S/C19H19Cl2NO3/c1-12(15-5-4-14(20)11-16(15)21)22-19(23)7-3-13-2-6-17-18(10-13)25-9-8-24-17/h2,4-6,10-12H,3,7-9H2,1H3,(H,22,23). The molecule has 0 bridgehead atoms. The number of fused-ring (bicyclic) bond motifs is 1. The van der Waals surface area contributed by atoms with Crippen LogP contribution < -0.4 is 14.8 Å². The van der Waals surface area contributed by atoms with Crippen molar-refractivity contribution in [3.8, 4) is 11.5 Å². The first-order valence-electron chi connectivity index (χ1n) is 8.16. The molecule has 132 valence electrons. The maximum atomic E-state index is 12.2. The summed E-state index contributed by atoms with van der Waals surface area (Å²) < 4.78 is 11.1. The molecule has 4 nitrogen and oxygen atoms in total.